The average Bonchev–Trinajstić information content (AvgIpc) is 3.55. The number of H-pyrrole nitrogens is 2. The zero-order chi connectivity index (χ0) is 25.4. The van der Waals surface area contributed by atoms with Gasteiger partial charge < -0.3 is 4.98 Å². The summed E-state index contributed by atoms with van der Waals surface area (Å²) >= 11 is 5.93. The van der Waals surface area contributed by atoms with E-state index in [0.717, 1.165) is 27.9 Å². The molecule has 6 aromatic rings. The van der Waals surface area contributed by atoms with Crippen LogP contribution in [0.1, 0.15) is 0 Å². The van der Waals surface area contributed by atoms with Crippen molar-refractivity contribution in [3.63, 3.8) is 0 Å². The number of imidazole rings is 1. The van der Waals surface area contributed by atoms with E-state index in [1.807, 2.05) is 60.7 Å². The molecule has 0 amide bonds. The first-order chi connectivity index (χ1) is 18.0. The summed E-state index contributed by atoms with van der Waals surface area (Å²) in [6.07, 6.45) is 0. The molecule has 0 unspecified atom stereocenters. The Morgan fingerprint density at radius 2 is 1.51 bits per heavy atom. The van der Waals surface area contributed by atoms with Gasteiger partial charge in [-0.2, -0.15) is 5.10 Å². The second-order valence-corrected chi connectivity index (χ2v) is 10.5. The summed E-state index contributed by atoms with van der Waals surface area (Å²) in [6.45, 7) is 0. The van der Waals surface area contributed by atoms with Gasteiger partial charge in [0, 0.05) is 21.8 Å². The molecule has 0 spiro atoms. The highest BCUT2D eigenvalue weighted by Gasteiger charge is 2.23. The first-order valence-corrected chi connectivity index (χ1v) is 13.3. The van der Waals surface area contributed by atoms with Crippen LogP contribution in [0, 0.1) is 0 Å². The Bertz CT molecular complexity index is 1800. The first kappa shape index (κ1) is 23.0. The van der Waals surface area contributed by atoms with Crippen molar-refractivity contribution in [1.82, 2.24) is 20.2 Å². The van der Waals surface area contributed by atoms with E-state index < -0.39 is 10.0 Å². The summed E-state index contributed by atoms with van der Waals surface area (Å²) < 4.78 is 29.0. The van der Waals surface area contributed by atoms with Gasteiger partial charge in [-0.25, -0.2) is 13.4 Å². The smallest absolute Gasteiger partial charge is 0.261 e. The molecule has 4 aromatic carbocycles. The van der Waals surface area contributed by atoms with Crippen molar-refractivity contribution >= 4 is 38.3 Å². The summed E-state index contributed by atoms with van der Waals surface area (Å²) in [7, 11) is -3.85. The molecule has 0 radical (unpaired) electrons. The number of benzene rings is 4. The van der Waals surface area contributed by atoms with Crippen LogP contribution in [0.25, 0.3) is 44.9 Å². The monoisotopic (exact) mass is 525 g/mol. The molecule has 0 aliphatic heterocycles. The molecule has 182 valence electrons. The van der Waals surface area contributed by atoms with E-state index in [1.54, 1.807) is 42.5 Å². The Morgan fingerprint density at radius 1 is 0.784 bits per heavy atom. The Balaban J connectivity index is 1.47. The lowest BCUT2D eigenvalue weighted by molar-refractivity contribution is 0.601. The van der Waals surface area contributed by atoms with Crippen LogP contribution in [0.3, 0.4) is 0 Å². The highest BCUT2D eigenvalue weighted by atomic mass is 35.5. The van der Waals surface area contributed by atoms with Gasteiger partial charge in [0.05, 0.1) is 27.2 Å². The predicted molar refractivity (Wildman–Crippen MR) is 147 cm³/mol. The van der Waals surface area contributed by atoms with Gasteiger partial charge in [-0.1, -0.05) is 66.2 Å². The minimum absolute atomic E-state index is 0.111. The Labute approximate surface area is 218 Å². The molecule has 0 saturated carbocycles. The Kier molecular flexibility index (Phi) is 5.75. The first-order valence-electron chi connectivity index (χ1n) is 11.5. The number of rotatable bonds is 6. The molecule has 0 saturated heterocycles. The van der Waals surface area contributed by atoms with Crippen molar-refractivity contribution in [3.05, 3.63) is 108 Å². The average molecular weight is 526 g/mol. The van der Waals surface area contributed by atoms with E-state index in [1.165, 1.54) is 0 Å². The molecule has 2 heterocycles. The minimum Gasteiger partial charge on any atom is -0.338 e. The molecule has 7 nitrogen and oxygen atoms in total. The Morgan fingerprint density at radius 3 is 2.30 bits per heavy atom. The van der Waals surface area contributed by atoms with Gasteiger partial charge in [0.2, 0.25) is 0 Å². The number of fused-ring (bicyclic) bond motifs is 1. The summed E-state index contributed by atoms with van der Waals surface area (Å²) in [5.74, 6) is 0.636. The zero-order valence-corrected chi connectivity index (χ0v) is 20.9. The number of anilines is 1. The molecule has 0 fully saturated rings. The number of sulfonamides is 1. The standard InChI is InChI=1S/C28H20ClN5O2S/c29-20-13-15-21(16-14-20)34-37(35,36)22-10-6-9-19(17-22)27-25(26(32-33-27)18-7-2-1-3-8-18)28-30-23-11-4-5-12-24(23)31-28/h1-17,34H,(H,30,31)(H,32,33). The van der Waals surface area contributed by atoms with Gasteiger partial charge in [-0.05, 0) is 48.5 Å². The van der Waals surface area contributed by atoms with Gasteiger partial charge in [0.25, 0.3) is 10.0 Å². The van der Waals surface area contributed by atoms with Gasteiger partial charge in [-0.15, -0.1) is 0 Å². The summed E-state index contributed by atoms with van der Waals surface area (Å²) in [4.78, 5) is 8.30. The number of aromatic amines is 2. The van der Waals surface area contributed by atoms with E-state index in [0.29, 0.717) is 27.8 Å². The third kappa shape index (κ3) is 4.48. The lowest BCUT2D eigenvalue weighted by Gasteiger charge is -2.10. The SMILES string of the molecule is O=S(=O)(Nc1ccc(Cl)cc1)c1cccc(-c2n[nH]c(-c3ccccc3)c2-c2nc3ccccc3[nH]2)c1. The topological polar surface area (TPSA) is 104 Å². The van der Waals surface area contributed by atoms with Crippen molar-refractivity contribution in [1.29, 1.82) is 0 Å². The molecule has 2 aromatic heterocycles. The van der Waals surface area contributed by atoms with Crippen molar-refractivity contribution < 1.29 is 8.42 Å². The number of aromatic nitrogens is 4. The van der Waals surface area contributed by atoms with Crippen LogP contribution in [-0.4, -0.2) is 28.6 Å². The molecule has 0 aliphatic rings. The molecule has 9 heteroatoms. The Hall–Kier alpha value is -4.40. The zero-order valence-electron chi connectivity index (χ0n) is 19.3. The van der Waals surface area contributed by atoms with Crippen LogP contribution in [0.15, 0.2) is 108 Å². The van der Waals surface area contributed by atoms with Gasteiger partial charge in [-0.3, -0.25) is 9.82 Å². The number of nitrogens with one attached hydrogen (secondary N) is 3. The van der Waals surface area contributed by atoms with Crippen LogP contribution < -0.4 is 4.72 Å². The largest absolute Gasteiger partial charge is 0.338 e. The molecule has 3 N–H and O–H groups in total. The van der Waals surface area contributed by atoms with Crippen LogP contribution in [0.2, 0.25) is 5.02 Å². The van der Waals surface area contributed by atoms with Crippen molar-refractivity contribution in [2.75, 3.05) is 4.72 Å². The lowest BCUT2D eigenvalue weighted by atomic mass is 10.0. The van der Waals surface area contributed by atoms with Crippen molar-refractivity contribution in [3.8, 4) is 33.9 Å². The highest BCUT2D eigenvalue weighted by Crippen LogP contribution is 2.38. The number of hydrogen-bond donors (Lipinski definition) is 3. The van der Waals surface area contributed by atoms with Crippen LogP contribution in [0.5, 0.6) is 0 Å². The fourth-order valence-electron chi connectivity index (χ4n) is 4.21. The third-order valence-electron chi connectivity index (χ3n) is 5.97. The van der Waals surface area contributed by atoms with Gasteiger partial charge in [0.1, 0.15) is 11.5 Å². The lowest BCUT2D eigenvalue weighted by Crippen LogP contribution is -2.12. The molecular weight excluding hydrogens is 506 g/mol. The van der Waals surface area contributed by atoms with Crippen molar-refractivity contribution in [2.45, 2.75) is 4.90 Å². The number of halogens is 1. The van der Waals surface area contributed by atoms with E-state index in [-0.39, 0.29) is 4.90 Å². The second-order valence-electron chi connectivity index (χ2n) is 8.43. The maximum Gasteiger partial charge on any atom is 0.261 e. The summed E-state index contributed by atoms with van der Waals surface area (Å²) in [6, 6.07) is 30.8. The van der Waals surface area contributed by atoms with Crippen molar-refractivity contribution in [2.24, 2.45) is 0 Å². The fourth-order valence-corrected chi connectivity index (χ4v) is 5.44. The van der Waals surface area contributed by atoms with Crippen LogP contribution in [0.4, 0.5) is 5.69 Å². The second kappa shape index (κ2) is 9.24. The van der Waals surface area contributed by atoms with Crippen LogP contribution >= 0.6 is 11.6 Å². The number of para-hydroxylation sites is 2. The van der Waals surface area contributed by atoms with Gasteiger partial charge in [0.15, 0.2) is 0 Å². The fraction of sp³-hybridized carbons (Fsp3) is 0. The summed E-state index contributed by atoms with van der Waals surface area (Å²) in [5, 5.41) is 8.28. The maximum absolute atomic E-state index is 13.2. The molecule has 0 atom stereocenters. The summed E-state index contributed by atoms with van der Waals surface area (Å²) in [5.41, 5.74) is 5.83. The third-order valence-corrected chi connectivity index (χ3v) is 7.60. The number of nitrogens with zero attached hydrogens (tertiary/aromatic N) is 2. The van der Waals surface area contributed by atoms with E-state index in [9.17, 15) is 8.42 Å². The predicted octanol–water partition coefficient (Wildman–Crippen LogP) is 6.74. The van der Waals surface area contributed by atoms with Crippen LogP contribution in [-0.2, 0) is 10.0 Å². The highest BCUT2D eigenvalue weighted by molar-refractivity contribution is 7.92. The maximum atomic E-state index is 13.2. The minimum atomic E-state index is -3.85. The molecule has 0 bridgehead atoms. The molecule has 0 aliphatic carbocycles. The number of hydrogen-bond acceptors (Lipinski definition) is 4. The molecule has 37 heavy (non-hydrogen) atoms. The molecular formula is C28H20ClN5O2S. The normalized spacial score (nSPS) is 11.6. The van der Waals surface area contributed by atoms with E-state index >= 15 is 0 Å². The molecule has 6 rings (SSSR count). The van der Waals surface area contributed by atoms with E-state index in [2.05, 4.69) is 19.9 Å². The van der Waals surface area contributed by atoms with Gasteiger partial charge >= 0.3 is 0 Å². The van der Waals surface area contributed by atoms with E-state index in [4.69, 9.17) is 16.6 Å². The quantitative estimate of drug-likeness (QED) is 0.224.